The second kappa shape index (κ2) is 8.16. The normalized spacial score (nSPS) is 23.1. The van der Waals surface area contributed by atoms with E-state index in [0.29, 0.717) is 12.8 Å². The molecule has 3 N–H and O–H groups in total. The molecule has 2 saturated heterocycles. The Morgan fingerprint density at radius 3 is 2.47 bits per heavy atom. The Morgan fingerprint density at radius 1 is 1.13 bits per heavy atom. The average molecular weight is 448 g/mol. The summed E-state index contributed by atoms with van der Waals surface area (Å²) in [5.74, 6) is -0.746. The van der Waals surface area contributed by atoms with Gasteiger partial charge in [-0.1, -0.05) is 41.4 Å². The van der Waals surface area contributed by atoms with Crippen LogP contribution < -0.4 is 10.6 Å². The summed E-state index contributed by atoms with van der Waals surface area (Å²) in [6, 6.07) is 9.58. The summed E-state index contributed by atoms with van der Waals surface area (Å²) < 4.78 is 0. The molecule has 2 aliphatic heterocycles. The Kier molecular flexibility index (Phi) is 5.58. The van der Waals surface area contributed by atoms with Gasteiger partial charge in [-0.05, 0) is 36.2 Å². The minimum Gasteiger partial charge on any atom is -0.508 e. The lowest BCUT2D eigenvalue weighted by Gasteiger charge is -2.34. The maximum absolute atomic E-state index is 12.9. The van der Waals surface area contributed by atoms with Crippen molar-refractivity contribution in [3.05, 3.63) is 63.6 Å². The van der Waals surface area contributed by atoms with Gasteiger partial charge in [0, 0.05) is 19.0 Å². The van der Waals surface area contributed by atoms with Crippen molar-refractivity contribution < 1.29 is 19.5 Å². The molecule has 30 heavy (non-hydrogen) atoms. The first kappa shape index (κ1) is 20.5. The van der Waals surface area contributed by atoms with E-state index in [-0.39, 0.29) is 39.7 Å². The maximum atomic E-state index is 12.9. The second-order valence-electron chi connectivity index (χ2n) is 7.44. The van der Waals surface area contributed by atoms with Gasteiger partial charge in [0.1, 0.15) is 17.8 Å². The molecule has 0 unspecified atom stereocenters. The molecule has 0 radical (unpaired) electrons. The minimum atomic E-state index is -0.689. The zero-order valence-electron chi connectivity index (χ0n) is 15.8. The smallest absolute Gasteiger partial charge is 0.254 e. The summed E-state index contributed by atoms with van der Waals surface area (Å²) in [7, 11) is 0. The molecule has 156 valence electrons. The number of phenolic OH excluding ortho intramolecular Hbond substituents is 1. The predicted octanol–water partition coefficient (Wildman–Crippen LogP) is 2.14. The Morgan fingerprint density at radius 2 is 1.80 bits per heavy atom. The highest BCUT2D eigenvalue weighted by Crippen LogP contribution is 2.27. The summed E-state index contributed by atoms with van der Waals surface area (Å²) in [6.45, 7) is 0.233. The molecular weight excluding hydrogens is 429 g/mol. The van der Waals surface area contributed by atoms with Gasteiger partial charge < -0.3 is 20.6 Å². The van der Waals surface area contributed by atoms with Crippen molar-refractivity contribution in [2.45, 2.75) is 31.0 Å². The number of halogens is 2. The lowest BCUT2D eigenvalue weighted by atomic mass is 10.0. The van der Waals surface area contributed by atoms with Gasteiger partial charge in [0.15, 0.2) is 0 Å². The van der Waals surface area contributed by atoms with E-state index in [4.69, 9.17) is 23.2 Å². The molecule has 0 aromatic heterocycles. The number of amides is 3. The van der Waals surface area contributed by atoms with Crippen molar-refractivity contribution in [2.24, 2.45) is 0 Å². The number of phenols is 1. The van der Waals surface area contributed by atoms with Gasteiger partial charge in [0.05, 0.1) is 15.6 Å². The third kappa shape index (κ3) is 3.95. The molecular formula is C21H19Cl2N3O4. The van der Waals surface area contributed by atoms with E-state index in [9.17, 15) is 19.5 Å². The lowest BCUT2D eigenvalue weighted by Crippen LogP contribution is -2.61. The van der Waals surface area contributed by atoms with Crippen LogP contribution in [0.15, 0.2) is 42.5 Å². The van der Waals surface area contributed by atoms with Gasteiger partial charge in [-0.3, -0.25) is 14.4 Å². The number of hydrogen-bond acceptors (Lipinski definition) is 4. The molecule has 7 nitrogen and oxygen atoms in total. The van der Waals surface area contributed by atoms with Crippen molar-refractivity contribution in [1.29, 1.82) is 0 Å². The number of carbonyl (C=O) groups excluding carboxylic acids is 3. The van der Waals surface area contributed by atoms with Crippen LogP contribution >= 0.6 is 23.2 Å². The van der Waals surface area contributed by atoms with Crippen molar-refractivity contribution in [1.82, 2.24) is 15.5 Å². The van der Waals surface area contributed by atoms with Crippen LogP contribution in [0.1, 0.15) is 22.3 Å². The van der Waals surface area contributed by atoms with Gasteiger partial charge in [-0.25, -0.2) is 0 Å². The number of rotatable bonds is 4. The number of nitrogens with zero attached hydrogens (tertiary/aromatic N) is 1. The Hall–Kier alpha value is -2.77. The number of aromatic hydroxyl groups is 1. The van der Waals surface area contributed by atoms with Gasteiger partial charge in [-0.2, -0.15) is 0 Å². The fourth-order valence-electron chi connectivity index (χ4n) is 3.94. The number of piperazine rings is 1. The molecule has 2 aliphatic rings. The monoisotopic (exact) mass is 447 g/mol. The number of nitrogens with one attached hydrogen (secondary N) is 2. The van der Waals surface area contributed by atoms with E-state index in [1.807, 2.05) is 0 Å². The molecule has 3 amide bonds. The summed E-state index contributed by atoms with van der Waals surface area (Å²) in [6.07, 6.45) is 0.637. The van der Waals surface area contributed by atoms with Crippen LogP contribution in [0, 0.1) is 0 Å². The third-order valence-electron chi connectivity index (χ3n) is 5.40. The topological polar surface area (TPSA) is 98.7 Å². The first-order chi connectivity index (χ1) is 14.3. The molecule has 2 fully saturated rings. The molecule has 2 aromatic carbocycles. The SMILES string of the molecule is O=C(N[C@H]1C[C@H]2C(=O)N[C@@H](Cc3ccc(O)cc3)C(=O)N2C1)c1c(Cl)cccc1Cl. The van der Waals surface area contributed by atoms with E-state index in [1.165, 1.54) is 17.0 Å². The van der Waals surface area contributed by atoms with Crippen LogP contribution in [-0.2, 0) is 16.0 Å². The predicted molar refractivity (Wildman–Crippen MR) is 112 cm³/mol. The van der Waals surface area contributed by atoms with Gasteiger partial charge in [0.25, 0.3) is 5.91 Å². The molecule has 3 atom stereocenters. The van der Waals surface area contributed by atoms with E-state index >= 15 is 0 Å². The lowest BCUT2D eigenvalue weighted by molar-refractivity contribution is -0.147. The summed E-state index contributed by atoms with van der Waals surface area (Å²) in [5.41, 5.74) is 0.994. The van der Waals surface area contributed by atoms with Crippen LogP contribution in [0.4, 0.5) is 0 Å². The molecule has 0 aliphatic carbocycles. The largest absolute Gasteiger partial charge is 0.508 e. The van der Waals surface area contributed by atoms with Crippen molar-refractivity contribution in [3.63, 3.8) is 0 Å². The third-order valence-corrected chi connectivity index (χ3v) is 6.03. The van der Waals surface area contributed by atoms with Crippen molar-refractivity contribution in [3.8, 4) is 5.75 Å². The Bertz CT molecular complexity index is 992. The van der Waals surface area contributed by atoms with Crippen LogP contribution in [0.5, 0.6) is 5.75 Å². The standard InChI is InChI=1S/C21H19Cl2N3O4/c22-14-2-1-3-15(23)18(14)20(29)24-12-9-17-19(28)25-16(21(30)26(17)10-12)8-11-4-6-13(27)7-5-11/h1-7,12,16-17,27H,8-10H2,(H,24,29)(H,25,28)/t12-,16-,17-/m0/s1. The van der Waals surface area contributed by atoms with Crippen LogP contribution in [-0.4, -0.2) is 52.4 Å². The number of fused-ring (bicyclic) bond motifs is 1. The van der Waals surface area contributed by atoms with E-state index < -0.39 is 24.0 Å². The zero-order valence-corrected chi connectivity index (χ0v) is 17.3. The number of carbonyl (C=O) groups is 3. The molecule has 0 spiro atoms. The highest BCUT2D eigenvalue weighted by Gasteiger charge is 2.46. The zero-order chi connectivity index (χ0) is 21.4. The number of hydrogen-bond donors (Lipinski definition) is 3. The molecule has 0 saturated carbocycles. The second-order valence-corrected chi connectivity index (χ2v) is 8.26. The maximum Gasteiger partial charge on any atom is 0.254 e. The van der Waals surface area contributed by atoms with Gasteiger partial charge in [0.2, 0.25) is 11.8 Å². The average Bonchev–Trinajstić information content (AvgIpc) is 3.12. The fraction of sp³-hybridized carbons (Fsp3) is 0.286. The first-order valence-electron chi connectivity index (χ1n) is 9.47. The summed E-state index contributed by atoms with van der Waals surface area (Å²) in [5, 5.41) is 15.5. The van der Waals surface area contributed by atoms with Crippen molar-refractivity contribution in [2.75, 3.05) is 6.54 Å². The van der Waals surface area contributed by atoms with Crippen LogP contribution in [0.25, 0.3) is 0 Å². The molecule has 2 aromatic rings. The van der Waals surface area contributed by atoms with Crippen LogP contribution in [0.3, 0.4) is 0 Å². The first-order valence-corrected chi connectivity index (χ1v) is 10.2. The molecule has 4 rings (SSSR count). The summed E-state index contributed by atoms with van der Waals surface area (Å²) in [4.78, 5) is 39.7. The highest BCUT2D eigenvalue weighted by molar-refractivity contribution is 6.39. The number of benzene rings is 2. The van der Waals surface area contributed by atoms with E-state index in [0.717, 1.165) is 5.56 Å². The highest BCUT2D eigenvalue weighted by atomic mass is 35.5. The summed E-state index contributed by atoms with van der Waals surface area (Å²) >= 11 is 12.2. The fourth-order valence-corrected chi connectivity index (χ4v) is 4.51. The van der Waals surface area contributed by atoms with E-state index in [1.54, 1.807) is 30.3 Å². The minimum absolute atomic E-state index is 0.134. The van der Waals surface area contributed by atoms with E-state index in [2.05, 4.69) is 10.6 Å². The van der Waals surface area contributed by atoms with Crippen molar-refractivity contribution >= 4 is 40.9 Å². The molecule has 9 heteroatoms. The van der Waals surface area contributed by atoms with Gasteiger partial charge >= 0.3 is 0 Å². The van der Waals surface area contributed by atoms with Gasteiger partial charge in [-0.15, -0.1) is 0 Å². The quantitative estimate of drug-likeness (QED) is 0.668. The Balaban J connectivity index is 1.45. The molecule has 0 bridgehead atoms. The van der Waals surface area contributed by atoms with Crippen LogP contribution in [0.2, 0.25) is 10.0 Å². The molecule has 2 heterocycles. The Labute approximate surface area is 183 Å².